The van der Waals surface area contributed by atoms with Gasteiger partial charge in [0.05, 0.1) is 6.26 Å². The molecule has 0 aliphatic rings. The Morgan fingerprint density at radius 3 is 3.14 bits per heavy atom. The summed E-state index contributed by atoms with van der Waals surface area (Å²) in [5.74, 6) is -0.642. The van der Waals surface area contributed by atoms with E-state index in [0.717, 1.165) is 0 Å². The number of furan rings is 1. The molecule has 2 aromatic heterocycles. The van der Waals surface area contributed by atoms with Crippen LogP contribution < -0.4 is 0 Å². The molecule has 0 unspecified atom stereocenters. The second-order valence-corrected chi connectivity index (χ2v) is 2.66. The highest BCUT2D eigenvalue weighted by atomic mass is 16.4. The first-order chi connectivity index (χ1) is 6.77. The van der Waals surface area contributed by atoms with Crippen LogP contribution in [0.15, 0.2) is 29.4 Å². The van der Waals surface area contributed by atoms with E-state index in [4.69, 9.17) is 9.52 Å². The topological polar surface area (TPSA) is 81.1 Å². The van der Waals surface area contributed by atoms with Crippen LogP contribution >= 0.6 is 0 Å². The Kier molecular flexibility index (Phi) is 2.02. The van der Waals surface area contributed by atoms with Crippen LogP contribution in [-0.4, -0.2) is 25.8 Å². The second-order valence-electron chi connectivity index (χ2n) is 2.66. The maximum atomic E-state index is 10.7. The molecule has 6 heteroatoms. The molecule has 6 nitrogen and oxygen atoms in total. The minimum absolute atomic E-state index is 0.153. The molecular weight excluding hydrogens is 186 g/mol. The molecule has 1 N–H and O–H groups in total. The third kappa shape index (κ3) is 1.49. The number of carbonyl (C=O) groups is 1. The van der Waals surface area contributed by atoms with Gasteiger partial charge >= 0.3 is 5.97 Å². The number of carboxylic acid groups (broad SMARTS) is 1. The molecule has 2 rings (SSSR count). The number of carboxylic acids is 1. The van der Waals surface area contributed by atoms with Crippen LogP contribution in [0.2, 0.25) is 0 Å². The standard InChI is InChI=1S/C8H7N3O3/c12-8(13)6-1-2-14-7(6)3-11-5-9-4-10-11/h1-2,4-5H,3H2,(H,12,13). The van der Waals surface area contributed by atoms with Gasteiger partial charge in [0.1, 0.15) is 30.5 Å². The zero-order valence-electron chi connectivity index (χ0n) is 7.12. The highest BCUT2D eigenvalue weighted by Gasteiger charge is 2.13. The molecule has 0 bridgehead atoms. The quantitative estimate of drug-likeness (QED) is 0.772. The number of rotatable bonds is 3. The van der Waals surface area contributed by atoms with E-state index in [-0.39, 0.29) is 12.1 Å². The minimum Gasteiger partial charge on any atom is -0.478 e. The van der Waals surface area contributed by atoms with Gasteiger partial charge in [-0.15, -0.1) is 0 Å². The van der Waals surface area contributed by atoms with E-state index in [0.29, 0.717) is 5.76 Å². The first-order valence-electron chi connectivity index (χ1n) is 3.89. The molecule has 0 aromatic carbocycles. The van der Waals surface area contributed by atoms with E-state index >= 15 is 0 Å². The van der Waals surface area contributed by atoms with Crippen molar-refractivity contribution in [1.29, 1.82) is 0 Å². The Bertz CT molecular complexity index is 432. The first kappa shape index (κ1) is 8.49. The predicted octanol–water partition coefficient (Wildman–Crippen LogP) is 0.618. The fraction of sp³-hybridized carbons (Fsp3) is 0.125. The van der Waals surface area contributed by atoms with E-state index in [1.165, 1.54) is 29.7 Å². The molecule has 2 aromatic rings. The Hall–Kier alpha value is -2.11. The van der Waals surface area contributed by atoms with Crippen LogP contribution in [0.1, 0.15) is 16.1 Å². The molecule has 2 heterocycles. The van der Waals surface area contributed by atoms with Crippen molar-refractivity contribution in [2.75, 3.05) is 0 Å². The van der Waals surface area contributed by atoms with Gasteiger partial charge in [-0.2, -0.15) is 5.10 Å². The summed E-state index contributed by atoms with van der Waals surface area (Å²) in [4.78, 5) is 14.4. The molecule has 0 spiro atoms. The van der Waals surface area contributed by atoms with Crippen LogP contribution in [0.4, 0.5) is 0 Å². The maximum absolute atomic E-state index is 10.7. The van der Waals surface area contributed by atoms with Crippen LogP contribution in [0.5, 0.6) is 0 Å². The predicted molar refractivity (Wildman–Crippen MR) is 44.8 cm³/mol. The summed E-state index contributed by atoms with van der Waals surface area (Å²) < 4.78 is 6.52. The van der Waals surface area contributed by atoms with Crippen molar-refractivity contribution in [3.8, 4) is 0 Å². The van der Waals surface area contributed by atoms with Crippen molar-refractivity contribution in [2.45, 2.75) is 6.54 Å². The fourth-order valence-corrected chi connectivity index (χ4v) is 1.12. The summed E-state index contributed by atoms with van der Waals surface area (Å²) in [7, 11) is 0. The number of nitrogens with zero attached hydrogens (tertiary/aromatic N) is 3. The Morgan fingerprint density at radius 2 is 2.50 bits per heavy atom. The van der Waals surface area contributed by atoms with Crippen molar-refractivity contribution >= 4 is 5.97 Å². The Balaban J connectivity index is 2.25. The third-order valence-electron chi connectivity index (χ3n) is 1.75. The molecule has 0 radical (unpaired) electrons. The van der Waals surface area contributed by atoms with E-state index in [2.05, 4.69) is 10.1 Å². The number of hydrogen-bond donors (Lipinski definition) is 1. The smallest absolute Gasteiger partial charge is 0.339 e. The van der Waals surface area contributed by atoms with Gasteiger partial charge in [0.25, 0.3) is 0 Å². The highest BCUT2D eigenvalue weighted by molar-refractivity contribution is 5.88. The molecule has 0 aliphatic carbocycles. The lowest BCUT2D eigenvalue weighted by Crippen LogP contribution is -2.04. The molecule has 0 fully saturated rings. The van der Waals surface area contributed by atoms with Gasteiger partial charge in [0, 0.05) is 0 Å². The van der Waals surface area contributed by atoms with Crippen LogP contribution in [0, 0.1) is 0 Å². The van der Waals surface area contributed by atoms with E-state index in [9.17, 15) is 4.79 Å². The number of aromatic nitrogens is 3. The lowest BCUT2D eigenvalue weighted by molar-refractivity contribution is 0.0694. The maximum Gasteiger partial charge on any atom is 0.339 e. The summed E-state index contributed by atoms with van der Waals surface area (Å²) in [5, 5.41) is 12.6. The molecule has 14 heavy (non-hydrogen) atoms. The van der Waals surface area contributed by atoms with Crippen molar-refractivity contribution in [2.24, 2.45) is 0 Å². The molecular formula is C8H7N3O3. The summed E-state index contributed by atoms with van der Waals surface area (Å²) in [6, 6.07) is 1.41. The van der Waals surface area contributed by atoms with Crippen LogP contribution in [-0.2, 0) is 6.54 Å². The molecule has 0 saturated heterocycles. The average Bonchev–Trinajstić information content (AvgIpc) is 2.75. The van der Waals surface area contributed by atoms with Gasteiger partial charge in [-0.25, -0.2) is 14.5 Å². The lowest BCUT2D eigenvalue weighted by atomic mass is 10.2. The van der Waals surface area contributed by atoms with Gasteiger partial charge in [-0.1, -0.05) is 0 Å². The van der Waals surface area contributed by atoms with Crippen molar-refractivity contribution in [1.82, 2.24) is 14.8 Å². The van der Waals surface area contributed by atoms with Gasteiger partial charge in [0.2, 0.25) is 0 Å². The Labute approximate surface area is 78.8 Å². The number of hydrogen-bond acceptors (Lipinski definition) is 4. The largest absolute Gasteiger partial charge is 0.478 e. The van der Waals surface area contributed by atoms with Gasteiger partial charge in [-0.3, -0.25) is 0 Å². The van der Waals surface area contributed by atoms with Gasteiger partial charge in [-0.05, 0) is 6.07 Å². The lowest BCUT2D eigenvalue weighted by Gasteiger charge is -1.97. The normalized spacial score (nSPS) is 10.3. The Morgan fingerprint density at radius 1 is 1.64 bits per heavy atom. The summed E-state index contributed by atoms with van der Waals surface area (Å²) >= 11 is 0. The van der Waals surface area contributed by atoms with Gasteiger partial charge in [0.15, 0.2) is 0 Å². The fourth-order valence-electron chi connectivity index (χ4n) is 1.12. The minimum atomic E-state index is -1.01. The summed E-state index contributed by atoms with van der Waals surface area (Å²) in [6.45, 7) is 0.272. The molecule has 0 saturated carbocycles. The van der Waals surface area contributed by atoms with Crippen molar-refractivity contribution in [3.63, 3.8) is 0 Å². The van der Waals surface area contributed by atoms with Crippen LogP contribution in [0.25, 0.3) is 0 Å². The van der Waals surface area contributed by atoms with Crippen molar-refractivity contribution in [3.05, 3.63) is 36.3 Å². The average molecular weight is 193 g/mol. The van der Waals surface area contributed by atoms with Gasteiger partial charge < -0.3 is 9.52 Å². The highest BCUT2D eigenvalue weighted by Crippen LogP contribution is 2.11. The van der Waals surface area contributed by atoms with Crippen LogP contribution in [0.3, 0.4) is 0 Å². The summed E-state index contributed by atoms with van der Waals surface area (Å²) in [5.41, 5.74) is 0.153. The SMILES string of the molecule is O=C(O)c1ccoc1Cn1cncn1. The molecule has 72 valence electrons. The monoisotopic (exact) mass is 193 g/mol. The van der Waals surface area contributed by atoms with E-state index < -0.39 is 5.97 Å². The van der Waals surface area contributed by atoms with E-state index in [1.807, 2.05) is 0 Å². The molecule has 0 amide bonds. The molecule has 0 atom stereocenters. The second kappa shape index (κ2) is 3.33. The number of aromatic carboxylic acids is 1. The molecule has 0 aliphatic heterocycles. The third-order valence-corrected chi connectivity index (χ3v) is 1.75. The summed E-state index contributed by atoms with van der Waals surface area (Å²) in [6.07, 6.45) is 4.22. The van der Waals surface area contributed by atoms with E-state index in [1.54, 1.807) is 0 Å². The zero-order valence-corrected chi connectivity index (χ0v) is 7.12. The zero-order chi connectivity index (χ0) is 9.97. The first-order valence-corrected chi connectivity index (χ1v) is 3.89. The van der Waals surface area contributed by atoms with Crippen molar-refractivity contribution < 1.29 is 14.3 Å².